The molecule has 0 saturated carbocycles. The molecule has 0 aromatic rings. The molecule has 0 aliphatic rings. The summed E-state index contributed by atoms with van der Waals surface area (Å²) in [6.07, 6.45) is 22.8. The van der Waals surface area contributed by atoms with E-state index in [1.165, 1.54) is 0 Å². The number of carbonyl (C=O) groups is 1. The van der Waals surface area contributed by atoms with Gasteiger partial charge in [-0.1, -0.05) is 50.5 Å². The molecular formula is C18H28O3. The fraction of sp³-hybridized carbons (Fsp3) is 0.500. The quantitative estimate of drug-likeness (QED) is 0.282. The van der Waals surface area contributed by atoms with Crippen LogP contribution in [0.4, 0.5) is 0 Å². The Labute approximate surface area is 128 Å². The van der Waals surface area contributed by atoms with Crippen LogP contribution in [0.2, 0.25) is 0 Å². The third kappa shape index (κ3) is 18.2. The zero-order valence-corrected chi connectivity index (χ0v) is 13.0. The van der Waals surface area contributed by atoms with Gasteiger partial charge in [-0.25, -0.2) is 0 Å². The topological polar surface area (TPSA) is 46.5 Å². The van der Waals surface area contributed by atoms with E-state index in [9.17, 15) is 4.79 Å². The van der Waals surface area contributed by atoms with Crippen molar-refractivity contribution in [2.24, 2.45) is 0 Å². The van der Waals surface area contributed by atoms with Crippen molar-refractivity contribution < 1.29 is 14.6 Å². The molecule has 0 radical (unpaired) electrons. The Morgan fingerprint density at radius 1 is 0.905 bits per heavy atom. The standard InChI is InChI=1S/C18H28O3/c1-2-3-4-13-16-21-17-14-11-9-7-5-6-8-10-12-15-18(19)20/h3-4,9,11,13-14,16-17H,2,5-8,10,12,15H2,1H3,(H,19,20)/b4-3+,11-9+,16-13+,17-14+. The lowest BCUT2D eigenvalue weighted by Crippen LogP contribution is -1.93. The van der Waals surface area contributed by atoms with E-state index in [0.29, 0.717) is 6.42 Å². The molecule has 0 spiro atoms. The fourth-order valence-corrected chi connectivity index (χ4v) is 1.68. The first-order valence-electron chi connectivity index (χ1n) is 7.78. The smallest absolute Gasteiger partial charge is 0.303 e. The van der Waals surface area contributed by atoms with Gasteiger partial charge in [0.2, 0.25) is 0 Å². The Bertz CT molecular complexity index is 351. The summed E-state index contributed by atoms with van der Waals surface area (Å²) in [7, 11) is 0. The first-order chi connectivity index (χ1) is 10.3. The Morgan fingerprint density at radius 2 is 1.52 bits per heavy atom. The zero-order valence-electron chi connectivity index (χ0n) is 13.0. The van der Waals surface area contributed by atoms with E-state index >= 15 is 0 Å². The number of hydrogen-bond acceptors (Lipinski definition) is 2. The number of aliphatic carboxylic acids is 1. The Balaban J connectivity index is 3.34. The van der Waals surface area contributed by atoms with Gasteiger partial charge in [-0.2, -0.15) is 0 Å². The van der Waals surface area contributed by atoms with Crippen molar-refractivity contribution in [2.45, 2.75) is 58.3 Å². The minimum Gasteiger partial charge on any atom is -0.481 e. The largest absolute Gasteiger partial charge is 0.481 e. The molecule has 0 aliphatic carbocycles. The zero-order chi connectivity index (χ0) is 15.6. The number of carboxylic acids is 1. The van der Waals surface area contributed by atoms with Gasteiger partial charge in [0.05, 0.1) is 12.5 Å². The molecule has 0 aromatic carbocycles. The summed E-state index contributed by atoms with van der Waals surface area (Å²) in [4.78, 5) is 10.3. The highest BCUT2D eigenvalue weighted by molar-refractivity contribution is 5.66. The second kappa shape index (κ2) is 16.3. The maximum Gasteiger partial charge on any atom is 0.303 e. The predicted molar refractivity (Wildman–Crippen MR) is 87.9 cm³/mol. The molecule has 0 rings (SSSR count). The Morgan fingerprint density at radius 3 is 2.19 bits per heavy atom. The summed E-state index contributed by atoms with van der Waals surface area (Å²) in [5.41, 5.74) is 0. The molecule has 0 atom stereocenters. The van der Waals surface area contributed by atoms with Crippen molar-refractivity contribution >= 4 is 5.97 Å². The van der Waals surface area contributed by atoms with Crippen LogP contribution in [0.5, 0.6) is 0 Å². The molecule has 0 heterocycles. The molecule has 3 nitrogen and oxygen atoms in total. The molecule has 0 aliphatic heterocycles. The molecule has 0 saturated heterocycles. The average Bonchev–Trinajstić information content (AvgIpc) is 2.46. The van der Waals surface area contributed by atoms with Gasteiger partial charge in [-0.05, 0) is 37.8 Å². The highest BCUT2D eigenvalue weighted by Crippen LogP contribution is 2.07. The summed E-state index contributed by atoms with van der Waals surface area (Å²) < 4.78 is 5.16. The van der Waals surface area contributed by atoms with Crippen LogP contribution in [-0.2, 0) is 9.53 Å². The van der Waals surface area contributed by atoms with Crippen LogP contribution < -0.4 is 0 Å². The minimum atomic E-state index is -0.692. The lowest BCUT2D eigenvalue weighted by molar-refractivity contribution is -0.137. The lowest BCUT2D eigenvalue weighted by Gasteiger charge is -1.97. The van der Waals surface area contributed by atoms with Crippen molar-refractivity contribution in [2.75, 3.05) is 0 Å². The van der Waals surface area contributed by atoms with Gasteiger partial charge >= 0.3 is 5.97 Å². The van der Waals surface area contributed by atoms with E-state index in [4.69, 9.17) is 9.84 Å². The molecule has 0 aromatic heterocycles. The molecule has 118 valence electrons. The average molecular weight is 292 g/mol. The van der Waals surface area contributed by atoms with Gasteiger partial charge in [0.15, 0.2) is 0 Å². The second-order valence-electron chi connectivity index (χ2n) is 4.76. The Hall–Kier alpha value is -1.77. The van der Waals surface area contributed by atoms with E-state index in [0.717, 1.165) is 44.9 Å². The molecule has 0 bridgehead atoms. The van der Waals surface area contributed by atoms with Crippen LogP contribution in [0.1, 0.15) is 58.3 Å². The number of rotatable bonds is 13. The molecule has 21 heavy (non-hydrogen) atoms. The van der Waals surface area contributed by atoms with Crippen LogP contribution in [0, 0.1) is 0 Å². The van der Waals surface area contributed by atoms with Gasteiger partial charge in [0.25, 0.3) is 0 Å². The second-order valence-corrected chi connectivity index (χ2v) is 4.76. The van der Waals surface area contributed by atoms with E-state index in [2.05, 4.69) is 19.1 Å². The molecule has 0 amide bonds. The van der Waals surface area contributed by atoms with Crippen molar-refractivity contribution in [1.82, 2.24) is 0 Å². The monoisotopic (exact) mass is 292 g/mol. The first kappa shape index (κ1) is 19.2. The van der Waals surface area contributed by atoms with Gasteiger partial charge in [-0.15, -0.1) is 0 Å². The van der Waals surface area contributed by atoms with Gasteiger partial charge < -0.3 is 9.84 Å². The van der Waals surface area contributed by atoms with E-state index in [1.807, 2.05) is 24.3 Å². The van der Waals surface area contributed by atoms with Crippen molar-refractivity contribution in [1.29, 1.82) is 0 Å². The van der Waals surface area contributed by atoms with Gasteiger partial charge in [0, 0.05) is 6.42 Å². The van der Waals surface area contributed by atoms with Crippen LogP contribution in [-0.4, -0.2) is 11.1 Å². The van der Waals surface area contributed by atoms with Crippen LogP contribution in [0.25, 0.3) is 0 Å². The van der Waals surface area contributed by atoms with E-state index in [-0.39, 0.29) is 0 Å². The van der Waals surface area contributed by atoms with Gasteiger partial charge in [0.1, 0.15) is 0 Å². The molecule has 3 heteroatoms. The molecule has 1 N–H and O–H groups in total. The van der Waals surface area contributed by atoms with Crippen molar-refractivity contribution in [3.8, 4) is 0 Å². The number of unbranched alkanes of at least 4 members (excludes halogenated alkanes) is 5. The predicted octanol–water partition coefficient (Wildman–Crippen LogP) is 5.37. The van der Waals surface area contributed by atoms with E-state index in [1.54, 1.807) is 12.5 Å². The molecule has 0 fully saturated rings. The summed E-state index contributed by atoms with van der Waals surface area (Å²) in [5, 5.41) is 8.50. The summed E-state index contributed by atoms with van der Waals surface area (Å²) in [5.74, 6) is -0.692. The number of ether oxygens (including phenoxy) is 1. The molecule has 0 unspecified atom stereocenters. The third-order valence-electron chi connectivity index (χ3n) is 2.81. The summed E-state index contributed by atoms with van der Waals surface area (Å²) in [6, 6.07) is 0. The van der Waals surface area contributed by atoms with E-state index < -0.39 is 5.97 Å². The Kier molecular flexibility index (Phi) is 14.9. The fourth-order valence-electron chi connectivity index (χ4n) is 1.68. The SMILES string of the molecule is CC/C=C/C=C/O/C=C/C=C/CCCCCCCC(=O)O. The number of allylic oxidation sites excluding steroid dienone is 6. The van der Waals surface area contributed by atoms with Crippen molar-refractivity contribution in [3.05, 3.63) is 49.0 Å². The maximum absolute atomic E-state index is 10.3. The number of hydrogen-bond donors (Lipinski definition) is 1. The van der Waals surface area contributed by atoms with Gasteiger partial charge in [-0.3, -0.25) is 4.79 Å². The summed E-state index contributed by atoms with van der Waals surface area (Å²) >= 11 is 0. The van der Waals surface area contributed by atoms with Crippen molar-refractivity contribution in [3.63, 3.8) is 0 Å². The number of carboxylic acid groups (broad SMARTS) is 1. The van der Waals surface area contributed by atoms with Crippen LogP contribution in [0.15, 0.2) is 49.0 Å². The summed E-state index contributed by atoms with van der Waals surface area (Å²) in [6.45, 7) is 2.09. The first-order valence-corrected chi connectivity index (χ1v) is 7.78. The highest BCUT2D eigenvalue weighted by atomic mass is 16.5. The minimum absolute atomic E-state index is 0.299. The highest BCUT2D eigenvalue weighted by Gasteiger charge is 1.95. The maximum atomic E-state index is 10.3. The van der Waals surface area contributed by atoms with Crippen LogP contribution >= 0.6 is 0 Å². The normalized spacial score (nSPS) is 12.2. The lowest BCUT2D eigenvalue weighted by atomic mass is 10.1. The molecular weight excluding hydrogens is 264 g/mol. The van der Waals surface area contributed by atoms with Crippen LogP contribution in [0.3, 0.4) is 0 Å². The third-order valence-corrected chi connectivity index (χ3v) is 2.81.